The zero-order valence-corrected chi connectivity index (χ0v) is 24.3. The predicted molar refractivity (Wildman–Crippen MR) is 149 cm³/mol. The number of nitrogen functional groups attached to an aromatic ring is 1. The van der Waals surface area contributed by atoms with E-state index in [4.69, 9.17) is 26.8 Å². The molecule has 4 N–H and O–H groups in total. The first-order valence-corrected chi connectivity index (χ1v) is 14.7. The molecule has 0 aliphatic carbocycles. The molecule has 0 saturated carbocycles. The lowest BCUT2D eigenvalue weighted by molar-refractivity contribution is -0.149. The van der Waals surface area contributed by atoms with E-state index >= 15 is 0 Å². The maximum atomic E-state index is 14.3. The van der Waals surface area contributed by atoms with Crippen LogP contribution in [0.15, 0.2) is 30.9 Å². The fraction of sp³-hybridized carbons (Fsp3) is 0.520. The number of hydrogen-bond acceptors (Lipinski definition) is 8. The van der Waals surface area contributed by atoms with Crippen LogP contribution in [-0.4, -0.2) is 50.1 Å². The molecule has 13 heteroatoms. The van der Waals surface area contributed by atoms with Crippen molar-refractivity contribution in [2.45, 2.75) is 72.2 Å². The van der Waals surface area contributed by atoms with E-state index in [2.05, 4.69) is 25.1 Å². The Bertz CT molecular complexity index is 1320. The van der Waals surface area contributed by atoms with Crippen LogP contribution in [0.5, 0.6) is 0 Å². The van der Waals surface area contributed by atoms with Crippen LogP contribution in [0.1, 0.15) is 58.2 Å². The van der Waals surface area contributed by atoms with Gasteiger partial charge in [0.05, 0.1) is 25.6 Å². The first-order chi connectivity index (χ1) is 17.8. The second kappa shape index (κ2) is 12.5. The van der Waals surface area contributed by atoms with Crippen LogP contribution >= 0.6 is 19.0 Å². The molecular weight excluding hydrogens is 529 g/mol. The number of aromatic nitrogens is 4. The topological polar surface area (TPSA) is 146 Å². The van der Waals surface area contributed by atoms with Gasteiger partial charge in [0, 0.05) is 11.1 Å². The minimum atomic E-state index is -3.51. The Labute approximate surface area is 228 Å². The molecule has 1 aromatic carbocycles. The largest absolute Gasteiger partial charge is 0.464 e. The van der Waals surface area contributed by atoms with Gasteiger partial charge in [-0.3, -0.25) is 9.36 Å². The lowest BCUT2D eigenvalue weighted by Crippen LogP contribution is -2.49. The summed E-state index contributed by atoms with van der Waals surface area (Å²) in [4.78, 5) is 25.2. The van der Waals surface area contributed by atoms with Crippen molar-refractivity contribution in [3.05, 3.63) is 47.0 Å². The first kappa shape index (κ1) is 30.0. The second-order valence-electron chi connectivity index (χ2n) is 9.90. The zero-order valence-electron chi connectivity index (χ0n) is 22.7. The third-order valence-corrected chi connectivity index (χ3v) is 8.40. The van der Waals surface area contributed by atoms with Crippen molar-refractivity contribution in [3.8, 4) is 0 Å². The number of hydrogen-bond donors (Lipinski definition) is 3. The molecule has 0 aliphatic rings. The Morgan fingerprint density at radius 2 is 2.00 bits per heavy atom. The number of fused-ring (bicyclic) bond motifs is 1. The summed E-state index contributed by atoms with van der Waals surface area (Å²) in [6, 6.07) is 5.20. The highest BCUT2D eigenvalue weighted by Crippen LogP contribution is 2.43. The zero-order chi connectivity index (χ0) is 28.1. The minimum absolute atomic E-state index is 0.181. The fourth-order valence-electron chi connectivity index (χ4n) is 4.08. The van der Waals surface area contributed by atoms with E-state index in [1.165, 1.54) is 6.33 Å². The van der Waals surface area contributed by atoms with Crippen molar-refractivity contribution in [3.63, 3.8) is 0 Å². The predicted octanol–water partition coefficient (Wildman–Crippen LogP) is 4.60. The Morgan fingerprint density at radius 1 is 1.26 bits per heavy atom. The Hall–Kier alpha value is -2.56. The van der Waals surface area contributed by atoms with E-state index in [-0.39, 0.29) is 25.1 Å². The molecule has 2 aromatic heterocycles. The summed E-state index contributed by atoms with van der Waals surface area (Å²) in [6.45, 7) is 11.6. The van der Waals surface area contributed by atoms with E-state index in [9.17, 15) is 9.36 Å². The van der Waals surface area contributed by atoms with Gasteiger partial charge in [-0.25, -0.2) is 25.1 Å². The van der Waals surface area contributed by atoms with E-state index in [1.807, 2.05) is 39.8 Å². The van der Waals surface area contributed by atoms with Crippen LogP contribution < -0.4 is 15.9 Å². The van der Waals surface area contributed by atoms with Crippen LogP contribution in [0.2, 0.25) is 5.02 Å². The Balaban J connectivity index is 1.79. The van der Waals surface area contributed by atoms with Gasteiger partial charge in [-0.1, -0.05) is 24.6 Å². The summed E-state index contributed by atoms with van der Waals surface area (Å²) < 4.78 is 27.5. The van der Waals surface area contributed by atoms with E-state index < -0.39 is 19.0 Å². The Kier molecular flexibility index (Phi) is 9.89. The SMILES string of the molecule is CCCOC(=O)C(C)(C)NP(=O)(COC(C)Cn1cnc2c(N)ncnc21)N[C@@H](C)c1ccc(Cl)cc1C. The molecular formula is C25H37ClN7O4P. The minimum Gasteiger partial charge on any atom is -0.464 e. The number of carbonyl (C=O) groups excluding carboxylic acids is 1. The molecule has 2 unspecified atom stereocenters. The van der Waals surface area contributed by atoms with Crippen LogP contribution in [0, 0.1) is 6.92 Å². The van der Waals surface area contributed by atoms with E-state index in [0.717, 1.165) is 11.1 Å². The van der Waals surface area contributed by atoms with Crippen LogP contribution in [0.3, 0.4) is 0 Å². The number of aryl methyl sites for hydroxylation is 1. The summed E-state index contributed by atoms with van der Waals surface area (Å²) in [6.07, 6.45) is 3.13. The molecule has 3 rings (SSSR count). The van der Waals surface area contributed by atoms with Crippen LogP contribution in [-0.2, 0) is 25.4 Å². The van der Waals surface area contributed by atoms with Crippen molar-refractivity contribution >= 4 is 42.0 Å². The summed E-state index contributed by atoms with van der Waals surface area (Å²) in [5.74, 6) is -0.198. The fourth-order valence-corrected chi connectivity index (χ4v) is 6.73. The number of carbonyl (C=O) groups is 1. The number of nitrogens with one attached hydrogen (secondary N) is 2. The summed E-state index contributed by atoms with van der Waals surface area (Å²) in [7, 11) is -3.51. The molecule has 0 radical (unpaired) electrons. The van der Waals surface area contributed by atoms with E-state index in [0.29, 0.717) is 35.0 Å². The molecule has 11 nitrogen and oxygen atoms in total. The number of nitrogens with zero attached hydrogens (tertiary/aromatic N) is 4. The van der Waals surface area contributed by atoms with Crippen molar-refractivity contribution < 1.29 is 18.8 Å². The van der Waals surface area contributed by atoms with Gasteiger partial charge in [0.25, 0.3) is 0 Å². The third kappa shape index (κ3) is 7.51. The highest BCUT2D eigenvalue weighted by atomic mass is 35.5. The number of nitrogens with two attached hydrogens (primary N) is 1. The van der Waals surface area contributed by atoms with Crippen LogP contribution in [0.4, 0.5) is 5.82 Å². The van der Waals surface area contributed by atoms with Crippen molar-refractivity contribution in [2.24, 2.45) is 0 Å². The second-order valence-corrected chi connectivity index (χ2v) is 12.6. The standard InChI is InChI=1S/C25H37ClN7O4P/c1-7-10-36-24(34)25(5,6)32-38(35,31-18(4)20-9-8-19(26)11-16(20)2)15-37-17(3)12-33-14-30-21-22(27)28-13-29-23(21)33/h8-9,11,13-14,17-18H,7,10,12,15H2,1-6H3,(H2,27,28,29)(H2,31,32,35)/t17?,18-,38?/m0/s1. The maximum Gasteiger partial charge on any atom is 0.326 e. The van der Waals surface area contributed by atoms with Gasteiger partial charge in [-0.05, 0) is 64.3 Å². The third-order valence-electron chi connectivity index (χ3n) is 5.93. The molecule has 0 amide bonds. The van der Waals surface area contributed by atoms with E-state index in [1.54, 1.807) is 30.8 Å². The van der Waals surface area contributed by atoms with Crippen molar-refractivity contribution in [2.75, 3.05) is 18.7 Å². The molecule has 0 aliphatic heterocycles. The number of benzene rings is 1. The number of ether oxygens (including phenoxy) is 2. The number of rotatable bonds is 13. The van der Waals surface area contributed by atoms with Crippen LogP contribution in [0.25, 0.3) is 11.2 Å². The number of esters is 1. The van der Waals surface area contributed by atoms with Gasteiger partial charge >= 0.3 is 5.97 Å². The summed E-state index contributed by atoms with van der Waals surface area (Å²) in [5, 5.41) is 6.85. The van der Waals surface area contributed by atoms with Gasteiger partial charge in [0.15, 0.2) is 11.5 Å². The molecule has 0 fully saturated rings. The van der Waals surface area contributed by atoms with Gasteiger partial charge in [0.1, 0.15) is 23.7 Å². The molecule has 38 heavy (non-hydrogen) atoms. The molecule has 0 bridgehead atoms. The lowest BCUT2D eigenvalue weighted by Gasteiger charge is -2.33. The average Bonchev–Trinajstić information content (AvgIpc) is 3.24. The quantitative estimate of drug-likeness (QED) is 0.198. The average molecular weight is 566 g/mol. The first-order valence-electron chi connectivity index (χ1n) is 12.5. The molecule has 3 atom stereocenters. The highest BCUT2D eigenvalue weighted by molar-refractivity contribution is 7.59. The summed E-state index contributed by atoms with van der Waals surface area (Å²) in [5.41, 5.74) is 7.63. The highest BCUT2D eigenvalue weighted by Gasteiger charge is 2.38. The molecule has 0 spiro atoms. The normalized spacial score (nSPS) is 15.2. The monoisotopic (exact) mass is 565 g/mol. The number of imidazole rings is 1. The Morgan fingerprint density at radius 3 is 2.68 bits per heavy atom. The molecule has 208 valence electrons. The van der Waals surface area contributed by atoms with Gasteiger partial charge in [-0.2, -0.15) is 0 Å². The number of halogens is 1. The summed E-state index contributed by atoms with van der Waals surface area (Å²) >= 11 is 6.13. The number of anilines is 1. The van der Waals surface area contributed by atoms with Gasteiger partial charge < -0.3 is 19.8 Å². The lowest BCUT2D eigenvalue weighted by atomic mass is 10.0. The molecule has 2 heterocycles. The van der Waals surface area contributed by atoms with Crippen molar-refractivity contribution in [1.82, 2.24) is 29.7 Å². The van der Waals surface area contributed by atoms with Gasteiger partial charge in [-0.15, -0.1) is 0 Å². The molecule has 3 aromatic rings. The smallest absolute Gasteiger partial charge is 0.326 e. The maximum absolute atomic E-state index is 14.3. The van der Waals surface area contributed by atoms with Gasteiger partial charge in [0.2, 0.25) is 7.44 Å². The van der Waals surface area contributed by atoms with Crippen molar-refractivity contribution in [1.29, 1.82) is 0 Å². The molecule has 0 saturated heterocycles.